The SMILES string of the molecule is C=C(/C=C\c1c(C)c2cc(C3=CC(C)CC=C3)ccc2n1C)NCc1ccc(-c2ccc3c(c2)c2ccccc2n3/C(C)=C/C=c2\c(=C)c3cc(C4=CC=CCC4)ccc3n2C)cc1-c1ccccc1. The monoisotopic (exact) mass is 908 g/mol. The van der Waals surface area contributed by atoms with Crippen molar-refractivity contribution in [2.24, 2.45) is 20.0 Å². The van der Waals surface area contributed by atoms with Gasteiger partial charge < -0.3 is 19.0 Å². The molecule has 0 radical (unpaired) electrons. The summed E-state index contributed by atoms with van der Waals surface area (Å²) in [7, 11) is 4.30. The maximum absolute atomic E-state index is 4.59. The number of nitrogens with zero attached hydrogens (tertiary/aromatic N) is 3. The molecule has 1 N–H and O–H groups in total. The van der Waals surface area contributed by atoms with Crippen LogP contribution in [0.4, 0.5) is 0 Å². The molecule has 3 heterocycles. The lowest BCUT2D eigenvalue weighted by Crippen LogP contribution is -2.26. The van der Waals surface area contributed by atoms with Crippen molar-refractivity contribution < 1.29 is 0 Å². The molecule has 1 atom stereocenters. The van der Waals surface area contributed by atoms with Crippen molar-refractivity contribution in [3.05, 3.63) is 227 Å². The molecule has 0 saturated heterocycles. The highest BCUT2D eigenvalue weighted by atomic mass is 15.0. The predicted octanol–water partition coefficient (Wildman–Crippen LogP) is 15.2. The summed E-state index contributed by atoms with van der Waals surface area (Å²) < 4.78 is 6.96. The Labute approximate surface area is 411 Å². The van der Waals surface area contributed by atoms with Crippen LogP contribution in [0.15, 0.2) is 188 Å². The van der Waals surface area contributed by atoms with Crippen molar-refractivity contribution in [1.29, 1.82) is 0 Å². The number of benzene rings is 6. The minimum Gasteiger partial charge on any atom is -0.381 e. The lowest BCUT2D eigenvalue weighted by molar-refractivity contribution is 0.740. The number of aromatic nitrogens is 3. The first kappa shape index (κ1) is 44.4. The summed E-state index contributed by atoms with van der Waals surface area (Å²) in [5, 5.41) is 10.8. The summed E-state index contributed by atoms with van der Waals surface area (Å²) in [6, 6.07) is 47.0. The van der Waals surface area contributed by atoms with Crippen LogP contribution in [0.25, 0.3) is 101 Å². The van der Waals surface area contributed by atoms with Gasteiger partial charge in [0.2, 0.25) is 0 Å². The van der Waals surface area contributed by atoms with Crippen LogP contribution in [0, 0.1) is 12.8 Å². The Morgan fingerprint density at radius 1 is 0.714 bits per heavy atom. The number of aryl methyl sites for hydroxylation is 3. The molecule has 4 nitrogen and oxygen atoms in total. The van der Waals surface area contributed by atoms with E-state index in [-0.39, 0.29) is 0 Å². The predicted molar refractivity (Wildman–Crippen MR) is 302 cm³/mol. The molecule has 0 spiro atoms. The van der Waals surface area contributed by atoms with Crippen molar-refractivity contribution in [2.45, 2.75) is 46.6 Å². The van der Waals surface area contributed by atoms with E-state index in [0.29, 0.717) is 12.5 Å². The van der Waals surface area contributed by atoms with Gasteiger partial charge in [0.1, 0.15) is 0 Å². The second-order valence-corrected chi connectivity index (χ2v) is 19.4. The molecule has 2 aliphatic rings. The molecule has 4 heteroatoms. The molecule has 2 aliphatic carbocycles. The van der Waals surface area contributed by atoms with Crippen LogP contribution in [0.2, 0.25) is 0 Å². The third-order valence-electron chi connectivity index (χ3n) is 14.8. The fourth-order valence-corrected chi connectivity index (χ4v) is 10.9. The van der Waals surface area contributed by atoms with Gasteiger partial charge in [-0.2, -0.15) is 0 Å². The summed E-state index contributed by atoms with van der Waals surface area (Å²) in [4.78, 5) is 0. The molecule has 9 aromatic rings. The zero-order valence-electron chi connectivity index (χ0n) is 41.1. The van der Waals surface area contributed by atoms with E-state index in [0.717, 1.165) is 41.2 Å². The zero-order valence-corrected chi connectivity index (χ0v) is 41.1. The third kappa shape index (κ3) is 8.13. The molecule has 70 heavy (non-hydrogen) atoms. The Morgan fingerprint density at radius 2 is 1.41 bits per heavy atom. The van der Waals surface area contributed by atoms with Gasteiger partial charge in [0.15, 0.2) is 0 Å². The van der Waals surface area contributed by atoms with E-state index in [2.05, 4.69) is 255 Å². The van der Waals surface area contributed by atoms with E-state index >= 15 is 0 Å². The molecule has 0 amide bonds. The number of rotatable bonds is 11. The van der Waals surface area contributed by atoms with Crippen LogP contribution in [0.1, 0.15) is 61.1 Å². The first-order chi connectivity index (χ1) is 34.1. The lowest BCUT2D eigenvalue weighted by atomic mass is 9.93. The first-order valence-electron chi connectivity index (χ1n) is 24.7. The van der Waals surface area contributed by atoms with Crippen LogP contribution in [-0.2, 0) is 20.6 Å². The van der Waals surface area contributed by atoms with Gasteiger partial charge in [-0.3, -0.25) is 0 Å². The molecular weight excluding hydrogens is 849 g/mol. The molecule has 0 saturated carbocycles. The summed E-state index contributed by atoms with van der Waals surface area (Å²) in [6.45, 7) is 16.4. The van der Waals surface area contributed by atoms with Crippen molar-refractivity contribution in [2.75, 3.05) is 0 Å². The summed E-state index contributed by atoms with van der Waals surface area (Å²) in [6.07, 6.45) is 25.7. The van der Waals surface area contributed by atoms with Gasteiger partial charge >= 0.3 is 0 Å². The maximum Gasteiger partial charge on any atom is 0.0538 e. The van der Waals surface area contributed by atoms with E-state index in [1.54, 1.807) is 0 Å². The number of fused-ring (bicyclic) bond motifs is 5. The van der Waals surface area contributed by atoms with E-state index in [1.165, 1.54) is 105 Å². The summed E-state index contributed by atoms with van der Waals surface area (Å²) in [5.41, 5.74) is 20.5. The minimum absolute atomic E-state index is 0.562. The summed E-state index contributed by atoms with van der Waals surface area (Å²) in [5.74, 6) is 0.562. The van der Waals surface area contributed by atoms with Crippen LogP contribution in [-0.4, -0.2) is 13.7 Å². The fourth-order valence-electron chi connectivity index (χ4n) is 10.9. The van der Waals surface area contributed by atoms with Gasteiger partial charge in [-0.15, -0.1) is 0 Å². The molecule has 6 aromatic carbocycles. The van der Waals surface area contributed by atoms with Crippen molar-refractivity contribution in [3.63, 3.8) is 0 Å². The van der Waals surface area contributed by atoms with Crippen LogP contribution in [0.3, 0.4) is 0 Å². The smallest absolute Gasteiger partial charge is 0.0538 e. The fraction of sp³-hybridized carbons (Fsp3) is 0.152. The van der Waals surface area contributed by atoms with Crippen molar-refractivity contribution >= 4 is 79.2 Å². The van der Waals surface area contributed by atoms with Crippen LogP contribution < -0.4 is 15.9 Å². The molecule has 3 aromatic heterocycles. The Morgan fingerprint density at radius 3 is 2.23 bits per heavy atom. The van der Waals surface area contributed by atoms with E-state index in [1.807, 2.05) is 0 Å². The average molecular weight is 909 g/mol. The molecule has 344 valence electrons. The lowest BCUT2D eigenvalue weighted by Gasteiger charge is -2.15. The van der Waals surface area contributed by atoms with Crippen molar-refractivity contribution in [1.82, 2.24) is 19.0 Å². The standard InChI is InChI=1S/C66H60N4/c1-43-17-16-22-50(37-43)53-30-35-64-58(39-53)46(4)61(68(64)6)32-25-44(2)67-42-55-28-27-52(40-59(55)49-20-12-9-13-21-49)54-31-36-66-60(41-54)56-23-14-15-24-65(56)70(66)45(3)26-33-62-47(5)57-38-51(29-34-63(57)69(62)7)48-18-10-8-11-19-48/h8-10,12-16,18,20-41,43,67H,2,5,11,17,19,42H2,1,3-4,6-7H3/b32-25-,45-26+,62-33+. The highest BCUT2D eigenvalue weighted by molar-refractivity contribution is 6.11. The van der Waals surface area contributed by atoms with Gasteiger partial charge in [-0.1, -0.05) is 135 Å². The van der Waals surface area contributed by atoms with E-state index < -0.39 is 0 Å². The number of hydrogen-bond donors (Lipinski definition) is 1. The maximum atomic E-state index is 4.59. The second kappa shape index (κ2) is 18.4. The van der Waals surface area contributed by atoms with E-state index in [9.17, 15) is 0 Å². The highest BCUT2D eigenvalue weighted by Crippen LogP contribution is 2.37. The van der Waals surface area contributed by atoms with E-state index in [4.69, 9.17) is 0 Å². The van der Waals surface area contributed by atoms with Crippen molar-refractivity contribution in [3.8, 4) is 22.3 Å². The quantitative estimate of drug-likeness (QED) is 0.129. The molecule has 0 aliphatic heterocycles. The molecular formula is C66H60N4. The highest BCUT2D eigenvalue weighted by Gasteiger charge is 2.17. The number of hydrogen-bond acceptors (Lipinski definition) is 1. The van der Waals surface area contributed by atoms with Gasteiger partial charge in [0, 0.05) is 80.9 Å². The Kier molecular flexibility index (Phi) is 11.7. The van der Waals surface area contributed by atoms with Crippen LogP contribution in [0.5, 0.6) is 0 Å². The zero-order chi connectivity index (χ0) is 48.0. The largest absolute Gasteiger partial charge is 0.381 e. The third-order valence-corrected chi connectivity index (χ3v) is 14.8. The number of allylic oxidation sites excluding steroid dienone is 11. The molecule has 0 bridgehead atoms. The average Bonchev–Trinajstić information content (AvgIpc) is 3.95. The van der Waals surface area contributed by atoms with Gasteiger partial charge in [-0.25, -0.2) is 0 Å². The first-order valence-corrected chi connectivity index (χ1v) is 24.7. The molecule has 11 rings (SSSR count). The minimum atomic E-state index is 0.562. The Bertz CT molecular complexity index is 3890. The Balaban J connectivity index is 0.877. The molecule has 1 unspecified atom stereocenters. The van der Waals surface area contributed by atoms with Gasteiger partial charge in [0.05, 0.1) is 11.0 Å². The Hall–Kier alpha value is -8.08. The summed E-state index contributed by atoms with van der Waals surface area (Å²) >= 11 is 0. The number of para-hydroxylation sites is 1. The second-order valence-electron chi connectivity index (χ2n) is 19.4. The van der Waals surface area contributed by atoms with Gasteiger partial charge in [-0.05, 0) is 168 Å². The normalized spacial score (nSPS) is 15.5. The van der Waals surface area contributed by atoms with Crippen LogP contribution >= 0.6 is 0 Å². The molecule has 0 fully saturated rings. The number of nitrogens with one attached hydrogen (secondary N) is 1. The van der Waals surface area contributed by atoms with Gasteiger partial charge in [0.25, 0.3) is 0 Å². The topological polar surface area (TPSA) is 26.8 Å².